The molecule has 0 aliphatic heterocycles. The fourth-order valence-electron chi connectivity index (χ4n) is 3.71. The summed E-state index contributed by atoms with van der Waals surface area (Å²) in [5, 5.41) is 2.91. The molecule has 3 rings (SSSR count). The van der Waals surface area contributed by atoms with E-state index in [2.05, 4.69) is 5.32 Å². The highest BCUT2D eigenvalue weighted by Gasteiger charge is 2.62. The van der Waals surface area contributed by atoms with Gasteiger partial charge in [-0.3, -0.25) is 9.36 Å². The second-order valence-corrected chi connectivity index (χ2v) is 8.30. The average molecular weight is 463 g/mol. The van der Waals surface area contributed by atoms with Gasteiger partial charge in [-0.2, -0.15) is 0 Å². The third-order valence-electron chi connectivity index (χ3n) is 5.93. The molecule has 1 heterocycles. The summed E-state index contributed by atoms with van der Waals surface area (Å²) in [5.41, 5.74) is 6.69. The van der Waals surface area contributed by atoms with Crippen LogP contribution < -0.4 is 16.8 Å². The van der Waals surface area contributed by atoms with E-state index in [0.29, 0.717) is 42.9 Å². The van der Waals surface area contributed by atoms with Gasteiger partial charge >= 0.3 is 5.76 Å². The number of anilines is 1. The van der Waals surface area contributed by atoms with Crippen LogP contribution in [-0.2, 0) is 16.1 Å². The number of nitrogens with two attached hydrogens (primary N) is 1. The van der Waals surface area contributed by atoms with Crippen LogP contribution in [0, 0.1) is 5.41 Å². The Morgan fingerprint density at radius 3 is 2.60 bits per heavy atom. The van der Waals surface area contributed by atoms with Crippen LogP contribution >= 0.6 is 24.8 Å². The molecule has 2 atom stereocenters. The van der Waals surface area contributed by atoms with Crippen molar-refractivity contribution in [3.8, 4) is 0 Å². The Kier molecular flexibility index (Phi) is 8.55. The van der Waals surface area contributed by atoms with E-state index in [1.807, 2.05) is 39.8 Å². The number of nitrogens with zero attached hydrogens (tertiary/aromatic N) is 2. The summed E-state index contributed by atoms with van der Waals surface area (Å²) in [6, 6.07) is 5.16. The summed E-state index contributed by atoms with van der Waals surface area (Å²) in [6.07, 6.45) is 0.432. The van der Waals surface area contributed by atoms with Crippen molar-refractivity contribution < 1.29 is 13.9 Å². The van der Waals surface area contributed by atoms with Crippen molar-refractivity contribution >= 4 is 47.5 Å². The number of hydrogen-bond acceptors (Lipinski definition) is 6. The second-order valence-electron chi connectivity index (χ2n) is 8.30. The van der Waals surface area contributed by atoms with Gasteiger partial charge in [0.05, 0.1) is 11.6 Å². The zero-order valence-electron chi connectivity index (χ0n) is 18.1. The molecule has 0 saturated heterocycles. The van der Waals surface area contributed by atoms with Crippen molar-refractivity contribution in [3.05, 3.63) is 28.7 Å². The lowest BCUT2D eigenvalue weighted by atomic mass is 9.54. The number of likely N-dealkylation sites (N-methyl/N-ethyl adjacent to an activating group) is 1. The number of aromatic nitrogens is 1. The summed E-state index contributed by atoms with van der Waals surface area (Å²) < 4.78 is 12.6. The third-order valence-corrected chi connectivity index (χ3v) is 5.93. The van der Waals surface area contributed by atoms with Gasteiger partial charge in [0.15, 0.2) is 5.58 Å². The summed E-state index contributed by atoms with van der Waals surface area (Å²) in [4.78, 5) is 27.1. The number of carbonyl (C=O) groups excluding carboxylic acids is 1. The number of halogens is 2. The van der Waals surface area contributed by atoms with Crippen molar-refractivity contribution in [2.75, 3.05) is 32.6 Å². The van der Waals surface area contributed by atoms with Crippen molar-refractivity contribution in [1.29, 1.82) is 0 Å². The van der Waals surface area contributed by atoms with Gasteiger partial charge in [0.1, 0.15) is 5.54 Å². The summed E-state index contributed by atoms with van der Waals surface area (Å²) in [5.74, 6) is -0.659. The molecule has 1 fully saturated rings. The smallest absolute Gasteiger partial charge is 0.408 e. The van der Waals surface area contributed by atoms with E-state index < -0.39 is 16.7 Å². The molecule has 0 spiro atoms. The van der Waals surface area contributed by atoms with Gasteiger partial charge < -0.3 is 25.1 Å². The highest BCUT2D eigenvalue weighted by atomic mass is 35.5. The highest BCUT2D eigenvalue weighted by molar-refractivity contribution is 6.00. The molecule has 1 aromatic carbocycles. The standard InChI is InChI=1S/C20H30N4O4.2ClH/c1-6-27-16-12-20(21,19(16,2)3)17(25)22-13-7-8-15-14(11-13)24(18(26)28-15)10-9-23(4)5;;/h7-8,11,16H,6,9-10,12,21H2,1-5H3,(H,22,25);2*1H. The monoisotopic (exact) mass is 462 g/mol. The Bertz CT molecular complexity index is 941. The van der Waals surface area contributed by atoms with Gasteiger partial charge in [0.25, 0.3) is 0 Å². The number of fused-ring (bicyclic) bond motifs is 1. The SMILES string of the molecule is CCOC1CC(N)(C(=O)Nc2ccc3oc(=O)n(CCN(C)C)c3c2)C1(C)C.Cl.Cl. The van der Waals surface area contributed by atoms with E-state index in [0.717, 1.165) is 0 Å². The second kappa shape index (κ2) is 9.70. The van der Waals surface area contributed by atoms with Gasteiger partial charge in [0.2, 0.25) is 5.91 Å². The van der Waals surface area contributed by atoms with Gasteiger partial charge in [-0.05, 0) is 39.2 Å². The molecule has 3 N–H and O–H groups in total. The maximum Gasteiger partial charge on any atom is 0.419 e. The molecule has 1 amide bonds. The Morgan fingerprint density at radius 1 is 1.37 bits per heavy atom. The Morgan fingerprint density at radius 2 is 2.03 bits per heavy atom. The first-order chi connectivity index (χ1) is 13.1. The fraction of sp³-hybridized carbons (Fsp3) is 0.600. The molecule has 1 aromatic heterocycles. The van der Waals surface area contributed by atoms with E-state index in [9.17, 15) is 9.59 Å². The van der Waals surface area contributed by atoms with Crippen LogP contribution in [0.1, 0.15) is 27.2 Å². The van der Waals surface area contributed by atoms with Crippen LogP contribution in [0.25, 0.3) is 11.1 Å². The van der Waals surface area contributed by atoms with Crippen LogP contribution in [0.5, 0.6) is 0 Å². The van der Waals surface area contributed by atoms with Gasteiger partial charge in [0, 0.05) is 37.2 Å². The summed E-state index contributed by atoms with van der Waals surface area (Å²) in [7, 11) is 3.88. The summed E-state index contributed by atoms with van der Waals surface area (Å²) in [6.45, 7) is 7.63. The van der Waals surface area contributed by atoms with Crippen LogP contribution in [0.15, 0.2) is 27.4 Å². The molecule has 0 bridgehead atoms. The Hall–Kier alpha value is -1.58. The molecule has 1 aliphatic carbocycles. The predicted molar refractivity (Wildman–Crippen MR) is 123 cm³/mol. The molecular formula is C20H32Cl2N4O4. The molecule has 8 nitrogen and oxygen atoms in total. The molecule has 30 heavy (non-hydrogen) atoms. The minimum atomic E-state index is -1.01. The largest absolute Gasteiger partial charge is 0.419 e. The molecule has 10 heteroatoms. The minimum absolute atomic E-state index is 0. The van der Waals surface area contributed by atoms with Crippen molar-refractivity contribution in [3.63, 3.8) is 0 Å². The molecule has 2 unspecified atom stereocenters. The van der Waals surface area contributed by atoms with Crippen LogP contribution in [0.4, 0.5) is 5.69 Å². The molecule has 0 radical (unpaired) electrons. The summed E-state index contributed by atoms with van der Waals surface area (Å²) >= 11 is 0. The van der Waals surface area contributed by atoms with Crippen molar-refractivity contribution in [2.24, 2.45) is 11.1 Å². The number of oxazole rings is 1. The lowest BCUT2D eigenvalue weighted by Gasteiger charge is -2.57. The van der Waals surface area contributed by atoms with Crippen molar-refractivity contribution in [1.82, 2.24) is 9.47 Å². The zero-order chi connectivity index (χ0) is 20.7. The minimum Gasteiger partial charge on any atom is -0.408 e. The maximum absolute atomic E-state index is 12.9. The fourth-order valence-corrected chi connectivity index (χ4v) is 3.71. The molecular weight excluding hydrogens is 431 g/mol. The normalized spacial score (nSPS) is 22.2. The van der Waals surface area contributed by atoms with E-state index >= 15 is 0 Å². The average Bonchev–Trinajstić information content (AvgIpc) is 2.94. The lowest BCUT2D eigenvalue weighted by molar-refractivity contribution is -0.166. The van der Waals surface area contributed by atoms with Crippen LogP contribution in [0.3, 0.4) is 0 Å². The van der Waals surface area contributed by atoms with Gasteiger partial charge in [-0.25, -0.2) is 4.79 Å². The number of hydrogen-bond donors (Lipinski definition) is 2. The Balaban J connectivity index is 0.00000225. The first kappa shape index (κ1) is 26.5. The molecule has 170 valence electrons. The number of ether oxygens (including phenoxy) is 1. The third kappa shape index (κ3) is 4.53. The van der Waals surface area contributed by atoms with Crippen molar-refractivity contribution in [2.45, 2.75) is 45.4 Å². The van der Waals surface area contributed by atoms with Crippen LogP contribution in [-0.4, -0.2) is 54.3 Å². The number of carbonyl (C=O) groups is 1. The molecule has 1 aliphatic rings. The van der Waals surface area contributed by atoms with Gasteiger partial charge in [-0.1, -0.05) is 13.8 Å². The first-order valence-corrected chi connectivity index (χ1v) is 9.60. The Labute approximate surface area is 188 Å². The number of amides is 1. The first-order valence-electron chi connectivity index (χ1n) is 9.60. The van der Waals surface area contributed by atoms with E-state index in [1.54, 1.807) is 22.8 Å². The van der Waals surface area contributed by atoms with Crippen LogP contribution in [0.2, 0.25) is 0 Å². The van der Waals surface area contributed by atoms with E-state index in [4.69, 9.17) is 14.9 Å². The maximum atomic E-state index is 12.9. The number of benzene rings is 1. The highest BCUT2D eigenvalue weighted by Crippen LogP contribution is 2.50. The molecule has 2 aromatic rings. The topological polar surface area (TPSA) is 103 Å². The predicted octanol–water partition coefficient (Wildman–Crippen LogP) is 2.47. The number of nitrogens with one attached hydrogen (secondary N) is 1. The zero-order valence-corrected chi connectivity index (χ0v) is 19.7. The molecule has 1 saturated carbocycles. The van der Waals surface area contributed by atoms with E-state index in [-0.39, 0.29) is 36.8 Å². The quantitative estimate of drug-likeness (QED) is 0.654. The number of rotatable bonds is 7. The lowest BCUT2D eigenvalue weighted by Crippen LogP contribution is -2.74. The van der Waals surface area contributed by atoms with E-state index in [1.165, 1.54) is 0 Å². The van der Waals surface area contributed by atoms with Gasteiger partial charge in [-0.15, -0.1) is 24.8 Å².